The SMILES string of the molecule is CCc1ccc(C(O)c2cc(OC)c(OC)c(OC)c2)s1. The lowest BCUT2D eigenvalue weighted by molar-refractivity contribution is 0.222. The van der Waals surface area contributed by atoms with Gasteiger partial charge >= 0.3 is 0 Å². The zero-order chi connectivity index (χ0) is 15.4. The standard InChI is InChI=1S/C16H20O4S/c1-5-11-6-7-14(21-11)15(17)10-8-12(18-2)16(20-4)13(9-10)19-3/h6-9,15,17H,5H2,1-4H3. The molecular formula is C16H20O4S. The van der Waals surface area contributed by atoms with E-state index in [2.05, 4.69) is 6.92 Å². The number of thiophene rings is 1. The Kier molecular flexibility index (Phi) is 5.09. The van der Waals surface area contributed by atoms with Crippen LogP contribution in [0.3, 0.4) is 0 Å². The summed E-state index contributed by atoms with van der Waals surface area (Å²) in [4.78, 5) is 2.15. The minimum absolute atomic E-state index is 0.524. The number of aliphatic hydroxyl groups excluding tert-OH is 1. The molecule has 1 unspecified atom stereocenters. The van der Waals surface area contributed by atoms with Crippen LogP contribution in [0.4, 0.5) is 0 Å². The van der Waals surface area contributed by atoms with Crippen LogP contribution in [0, 0.1) is 0 Å². The second kappa shape index (κ2) is 6.83. The van der Waals surface area contributed by atoms with Crippen LogP contribution in [0.15, 0.2) is 24.3 Å². The molecule has 21 heavy (non-hydrogen) atoms. The number of hydrogen-bond donors (Lipinski definition) is 1. The second-order valence-corrected chi connectivity index (χ2v) is 5.72. The average Bonchev–Trinajstić information content (AvgIpc) is 3.01. The first-order valence-corrected chi connectivity index (χ1v) is 7.52. The van der Waals surface area contributed by atoms with E-state index in [1.807, 2.05) is 12.1 Å². The molecule has 0 aliphatic carbocycles. The molecule has 1 heterocycles. The first-order valence-electron chi connectivity index (χ1n) is 6.71. The Bertz CT molecular complexity index is 581. The van der Waals surface area contributed by atoms with Crippen molar-refractivity contribution in [2.24, 2.45) is 0 Å². The Morgan fingerprint density at radius 1 is 1.05 bits per heavy atom. The van der Waals surface area contributed by atoms with Crippen LogP contribution < -0.4 is 14.2 Å². The van der Waals surface area contributed by atoms with Crippen LogP contribution in [0.5, 0.6) is 17.2 Å². The quantitative estimate of drug-likeness (QED) is 0.888. The van der Waals surface area contributed by atoms with Gasteiger partial charge in [-0.15, -0.1) is 11.3 Å². The molecule has 0 bridgehead atoms. The zero-order valence-corrected chi connectivity index (χ0v) is 13.5. The molecule has 1 N–H and O–H groups in total. The third-order valence-electron chi connectivity index (χ3n) is 3.30. The highest BCUT2D eigenvalue weighted by Gasteiger charge is 2.19. The van der Waals surface area contributed by atoms with Crippen molar-refractivity contribution in [2.75, 3.05) is 21.3 Å². The molecule has 2 rings (SSSR count). The molecule has 0 amide bonds. The summed E-state index contributed by atoms with van der Waals surface area (Å²) < 4.78 is 15.9. The van der Waals surface area contributed by atoms with E-state index in [1.165, 1.54) is 4.88 Å². The van der Waals surface area contributed by atoms with Gasteiger partial charge in [-0.05, 0) is 36.2 Å². The molecule has 0 fully saturated rings. The Balaban J connectivity index is 2.43. The topological polar surface area (TPSA) is 47.9 Å². The molecule has 0 aliphatic heterocycles. The van der Waals surface area contributed by atoms with Crippen molar-refractivity contribution in [3.63, 3.8) is 0 Å². The third-order valence-corrected chi connectivity index (χ3v) is 4.59. The number of methoxy groups -OCH3 is 3. The van der Waals surface area contributed by atoms with E-state index in [4.69, 9.17) is 14.2 Å². The highest BCUT2D eigenvalue weighted by Crippen LogP contribution is 2.41. The molecule has 1 aromatic heterocycles. The van der Waals surface area contributed by atoms with E-state index in [1.54, 1.807) is 44.8 Å². The smallest absolute Gasteiger partial charge is 0.203 e. The summed E-state index contributed by atoms with van der Waals surface area (Å²) in [5.74, 6) is 1.60. The molecular weight excluding hydrogens is 288 g/mol. The molecule has 4 nitrogen and oxygen atoms in total. The van der Waals surface area contributed by atoms with Crippen molar-refractivity contribution in [2.45, 2.75) is 19.4 Å². The Labute approximate surface area is 128 Å². The van der Waals surface area contributed by atoms with Gasteiger partial charge in [0.05, 0.1) is 21.3 Å². The number of hydrogen-bond acceptors (Lipinski definition) is 5. The maximum Gasteiger partial charge on any atom is 0.203 e. The molecule has 1 aromatic carbocycles. The van der Waals surface area contributed by atoms with Gasteiger partial charge in [0.15, 0.2) is 11.5 Å². The maximum absolute atomic E-state index is 10.6. The van der Waals surface area contributed by atoms with Gasteiger partial charge in [-0.2, -0.15) is 0 Å². The van der Waals surface area contributed by atoms with E-state index in [9.17, 15) is 5.11 Å². The summed E-state index contributed by atoms with van der Waals surface area (Å²) in [6.45, 7) is 2.10. The van der Waals surface area contributed by atoms with E-state index < -0.39 is 6.10 Å². The van der Waals surface area contributed by atoms with Gasteiger partial charge in [0.1, 0.15) is 6.10 Å². The van der Waals surface area contributed by atoms with Gasteiger partial charge in [-0.1, -0.05) is 6.92 Å². The predicted octanol–water partition coefficient (Wildman–Crippen LogP) is 3.42. The Hall–Kier alpha value is -1.72. The second-order valence-electron chi connectivity index (χ2n) is 4.52. The maximum atomic E-state index is 10.6. The number of aryl methyl sites for hydroxylation is 1. The summed E-state index contributed by atoms with van der Waals surface area (Å²) in [5, 5.41) is 10.6. The van der Waals surface area contributed by atoms with E-state index in [0.29, 0.717) is 22.8 Å². The molecule has 0 aliphatic rings. The molecule has 2 aromatic rings. The molecule has 1 atom stereocenters. The summed E-state index contributed by atoms with van der Waals surface area (Å²) in [5.41, 5.74) is 0.717. The van der Waals surface area contributed by atoms with Crippen LogP contribution in [-0.4, -0.2) is 26.4 Å². The van der Waals surface area contributed by atoms with Gasteiger partial charge in [0, 0.05) is 9.75 Å². The molecule has 0 saturated carbocycles. The van der Waals surface area contributed by atoms with Crippen LogP contribution >= 0.6 is 11.3 Å². The van der Waals surface area contributed by atoms with Gasteiger partial charge < -0.3 is 19.3 Å². The van der Waals surface area contributed by atoms with Crippen molar-refractivity contribution in [3.05, 3.63) is 39.6 Å². The first-order chi connectivity index (χ1) is 10.1. The first kappa shape index (κ1) is 15.7. The fourth-order valence-electron chi connectivity index (χ4n) is 2.15. The van der Waals surface area contributed by atoms with Crippen LogP contribution in [0.25, 0.3) is 0 Å². The van der Waals surface area contributed by atoms with Crippen LogP contribution in [-0.2, 0) is 6.42 Å². The molecule has 0 saturated heterocycles. The number of ether oxygens (including phenoxy) is 3. The van der Waals surface area contributed by atoms with E-state index in [-0.39, 0.29) is 0 Å². The number of aliphatic hydroxyl groups is 1. The van der Waals surface area contributed by atoms with Crippen LogP contribution in [0.2, 0.25) is 0 Å². The molecule has 5 heteroatoms. The molecule has 0 spiro atoms. The normalized spacial score (nSPS) is 12.0. The predicted molar refractivity (Wildman–Crippen MR) is 83.9 cm³/mol. The Morgan fingerprint density at radius 2 is 1.67 bits per heavy atom. The summed E-state index contributed by atoms with van der Waals surface area (Å²) in [6.07, 6.45) is 0.260. The highest BCUT2D eigenvalue weighted by molar-refractivity contribution is 7.12. The lowest BCUT2D eigenvalue weighted by Gasteiger charge is -2.16. The monoisotopic (exact) mass is 308 g/mol. The highest BCUT2D eigenvalue weighted by atomic mass is 32.1. The van der Waals surface area contributed by atoms with Crippen LogP contribution in [0.1, 0.15) is 28.3 Å². The summed E-state index contributed by atoms with van der Waals surface area (Å²) >= 11 is 1.61. The lowest BCUT2D eigenvalue weighted by Crippen LogP contribution is -2.01. The molecule has 0 radical (unpaired) electrons. The lowest BCUT2D eigenvalue weighted by atomic mass is 10.1. The van der Waals surface area contributed by atoms with Crippen molar-refractivity contribution in [1.82, 2.24) is 0 Å². The van der Waals surface area contributed by atoms with Gasteiger partial charge in [0.2, 0.25) is 5.75 Å². The van der Waals surface area contributed by atoms with E-state index in [0.717, 1.165) is 11.3 Å². The Morgan fingerprint density at radius 3 is 2.10 bits per heavy atom. The van der Waals surface area contributed by atoms with Gasteiger partial charge in [-0.3, -0.25) is 0 Å². The average molecular weight is 308 g/mol. The fraction of sp³-hybridized carbons (Fsp3) is 0.375. The summed E-state index contributed by atoms with van der Waals surface area (Å²) in [7, 11) is 4.69. The molecule has 114 valence electrons. The number of rotatable bonds is 6. The number of benzene rings is 1. The van der Waals surface area contributed by atoms with Gasteiger partial charge in [0.25, 0.3) is 0 Å². The third kappa shape index (κ3) is 3.14. The zero-order valence-electron chi connectivity index (χ0n) is 12.7. The van der Waals surface area contributed by atoms with Crippen molar-refractivity contribution < 1.29 is 19.3 Å². The fourth-order valence-corrected chi connectivity index (χ4v) is 3.12. The van der Waals surface area contributed by atoms with E-state index >= 15 is 0 Å². The van der Waals surface area contributed by atoms with Crippen molar-refractivity contribution >= 4 is 11.3 Å². The van der Waals surface area contributed by atoms with Gasteiger partial charge in [-0.25, -0.2) is 0 Å². The largest absolute Gasteiger partial charge is 0.493 e. The van der Waals surface area contributed by atoms with Crippen molar-refractivity contribution in [3.8, 4) is 17.2 Å². The minimum atomic E-state index is -0.705. The van der Waals surface area contributed by atoms with Crippen molar-refractivity contribution in [1.29, 1.82) is 0 Å². The minimum Gasteiger partial charge on any atom is -0.493 e. The summed E-state index contributed by atoms with van der Waals surface area (Å²) in [6, 6.07) is 7.55.